The Labute approximate surface area is 132 Å². The molecule has 0 saturated carbocycles. The normalized spacial score (nSPS) is 16.0. The predicted octanol–water partition coefficient (Wildman–Crippen LogP) is 2.97. The van der Waals surface area contributed by atoms with Crippen LogP contribution in [0.2, 0.25) is 0 Å². The fourth-order valence-corrected chi connectivity index (χ4v) is 2.86. The summed E-state index contributed by atoms with van der Waals surface area (Å²) in [6.07, 6.45) is 3.61. The van der Waals surface area contributed by atoms with Crippen LogP contribution in [-0.2, 0) is 6.54 Å². The number of nitrogens with two attached hydrogens (primary N) is 1. The van der Waals surface area contributed by atoms with Crippen LogP contribution < -0.4 is 10.6 Å². The van der Waals surface area contributed by atoms with Crippen molar-refractivity contribution in [2.24, 2.45) is 10.7 Å². The molecule has 122 valence electrons. The SMILES string of the molecule is CCN(CC)c1ccc(CN=C(N)N2CCCCC2)cc1F. The highest BCUT2D eigenvalue weighted by Gasteiger charge is 2.12. The van der Waals surface area contributed by atoms with Crippen molar-refractivity contribution in [3.8, 4) is 0 Å². The Kier molecular flexibility index (Phi) is 6.04. The van der Waals surface area contributed by atoms with Crippen molar-refractivity contribution in [3.05, 3.63) is 29.6 Å². The first-order valence-corrected chi connectivity index (χ1v) is 8.24. The van der Waals surface area contributed by atoms with Gasteiger partial charge in [0.05, 0.1) is 12.2 Å². The summed E-state index contributed by atoms with van der Waals surface area (Å²) in [4.78, 5) is 8.53. The fraction of sp³-hybridized carbons (Fsp3) is 0.588. The molecule has 1 aromatic rings. The van der Waals surface area contributed by atoms with E-state index < -0.39 is 0 Å². The minimum absolute atomic E-state index is 0.187. The molecule has 0 radical (unpaired) electrons. The number of nitrogens with zero attached hydrogens (tertiary/aromatic N) is 3. The van der Waals surface area contributed by atoms with Crippen molar-refractivity contribution in [2.75, 3.05) is 31.1 Å². The monoisotopic (exact) mass is 306 g/mol. The molecule has 1 saturated heterocycles. The van der Waals surface area contributed by atoms with Gasteiger partial charge in [-0.2, -0.15) is 0 Å². The van der Waals surface area contributed by atoms with Gasteiger partial charge in [-0.05, 0) is 50.8 Å². The van der Waals surface area contributed by atoms with Gasteiger partial charge < -0.3 is 15.5 Å². The average Bonchev–Trinajstić information content (AvgIpc) is 2.56. The predicted molar refractivity (Wildman–Crippen MR) is 90.7 cm³/mol. The molecule has 5 heteroatoms. The van der Waals surface area contributed by atoms with Gasteiger partial charge in [-0.25, -0.2) is 9.38 Å². The molecule has 0 spiro atoms. The van der Waals surface area contributed by atoms with E-state index in [1.165, 1.54) is 19.3 Å². The number of halogens is 1. The highest BCUT2D eigenvalue weighted by Crippen LogP contribution is 2.20. The number of hydrogen-bond acceptors (Lipinski definition) is 2. The summed E-state index contributed by atoms with van der Waals surface area (Å²) in [6.45, 7) is 8.04. The molecule has 2 N–H and O–H groups in total. The van der Waals surface area contributed by atoms with Gasteiger partial charge in [-0.15, -0.1) is 0 Å². The number of aliphatic imine (C=N–C) groups is 1. The third-order valence-corrected chi connectivity index (χ3v) is 4.22. The topological polar surface area (TPSA) is 44.9 Å². The Balaban J connectivity index is 2.02. The molecule has 1 heterocycles. The van der Waals surface area contributed by atoms with Crippen molar-refractivity contribution in [1.29, 1.82) is 0 Å². The van der Waals surface area contributed by atoms with Gasteiger partial charge in [0, 0.05) is 26.2 Å². The summed E-state index contributed by atoms with van der Waals surface area (Å²) >= 11 is 0. The second-order valence-corrected chi connectivity index (χ2v) is 5.68. The molecule has 0 atom stereocenters. The van der Waals surface area contributed by atoms with Crippen molar-refractivity contribution >= 4 is 11.6 Å². The first kappa shape index (κ1) is 16.6. The summed E-state index contributed by atoms with van der Waals surface area (Å²) in [5.74, 6) is 0.390. The lowest BCUT2D eigenvalue weighted by Crippen LogP contribution is -2.40. The van der Waals surface area contributed by atoms with E-state index >= 15 is 0 Å². The molecule has 0 aromatic heterocycles. The standard InChI is InChI=1S/C17H27FN4/c1-3-21(4-2)16-9-8-14(12-15(16)18)13-20-17(19)22-10-6-5-7-11-22/h8-9,12H,3-7,10-11,13H2,1-2H3,(H2,19,20). The van der Waals surface area contributed by atoms with E-state index in [4.69, 9.17) is 5.73 Å². The van der Waals surface area contributed by atoms with Crippen LogP contribution in [-0.4, -0.2) is 37.0 Å². The molecule has 1 fully saturated rings. The second kappa shape index (κ2) is 8.01. The quantitative estimate of drug-likeness (QED) is 0.672. The average molecular weight is 306 g/mol. The van der Waals surface area contributed by atoms with Crippen LogP contribution in [0.1, 0.15) is 38.7 Å². The van der Waals surface area contributed by atoms with E-state index in [1.54, 1.807) is 6.07 Å². The smallest absolute Gasteiger partial charge is 0.191 e. The molecule has 0 amide bonds. The molecule has 0 bridgehead atoms. The minimum Gasteiger partial charge on any atom is -0.370 e. The van der Waals surface area contributed by atoms with Gasteiger partial charge in [-0.1, -0.05) is 6.07 Å². The van der Waals surface area contributed by atoms with Gasteiger partial charge in [0.1, 0.15) is 5.82 Å². The van der Waals surface area contributed by atoms with Crippen LogP contribution in [0.25, 0.3) is 0 Å². The zero-order chi connectivity index (χ0) is 15.9. The third kappa shape index (κ3) is 4.12. The zero-order valence-corrected chi connectivity index (χ0v) is 13.7. The highest BCUT2D eigenvalue weighted by molar-refractivity contribution is 5.78. The van der Waals surface area contributed by atoms with E-state index in [0.29, 0.717) is 18.2 Å². The van der Waals surface area contributed by atoms with Crippen molar-refractivity contribution in [3.63, 3.8) is 0 Å². The Hall–Kier alpha value is -1.78. The van der Waals surface area contributed by atoms with Crippen LogP contribution in [0.3, 0.4) is 0 Å². The highest BCUT2D eigenvalue weighted by atomic mass is 19.1. The second-order valence-electron chi connectivity index (χ2n) is 5.68. The Bertz CT molecular complexity index is 505. The van der Waals surface area contributed by atoms with Crippen LogP contribution >= 0.6 is 0 Å². The molecule has 4 nitrogen and oxygen atoms in total. The lowest BCUT2D eigenvalue weighted by atomic mass is 10.1. The first-order chi connectivity index (χ1) is 10.7. The molecule has 22 heavy (non-hydrogen) atoms. The molecular weight excluding hydrogens is 279 g/mol. The molecule has 2 rings (SSSR count). The zero-order valence-electron chi connectivity index (χ0n) is 13.7. The molecular formula is C17H27FN4. The Morgan fingerprint density at radius 1 is 1.23 bits per heavy atom. The maximum absolute atomic E-state index is 14.2. The lowest BCUT2D eigenvalue weighted by molar-refractivity contribution is 0.338. The minimum atomic E-state index is -0.187. The van der Waals surface area contributed by atoms with Crippen molar-refractivity contribution in [1.82, 2.24) is 4.90 Å². The van der Waals surface area contributed by atoms with E-state index in [2.05, 4.69) is 9.89 Å². The largest absolute Gasteiger partial charge is 0.370 e. The van der Waals surface area contributed by atoms with Gasteiger partial charge in [0.25, 0.3) is 0 Å². The van der Waals surface area contributed by atoms with E-state index in [1.807, 2.05) is 30.9 Å². The number of likely N-dealkylation sites (tertiary alicyclic amines) is 1. The summed E-state index contributed by atoms with van der Waals surface area (Å²) < 4.78 is 14.2. The summed E-state index contributed by atoms with van der Waals surface area (Å²) in [7, 11) is 0. The maximum atomic E-state index is 14.2. The van der Waals surface area contributed by atoms with Crippen LogP contribution in [0.15, 0.2) is 23.2 Å². The molecule has 1 aromatic carbocycles. The van der Waals surface area contributed by atoms with Gasteiger partial charge >= 0.3 is 0 Å². The van der Waals surface area contributed by atoms with E-state index in [9.17, 15) is 4.39 Å². The molecule has 0 unspecified atom stereocenters. The fourth-order valence-electron chi connectivity index (χ4n) is 2.86. The molecule has 1 aliphatic heterocycles. The maximum Gasteiger partial charge on any atom is 0.191 e. The summed E-state index contributed by atoms with van der Waals surface area (Å²) in [5, 5.41) is 0. The van der Waals surface area contributed by atoms with Gasteiger partial charge in [0.2, 0.25) is 0 Å². The van der Waals surface area contributed by atoms with E-state index in [-0.39, 0.29) is 5.82 Å². The Morgan fingerprint density at radius 3 is 2.50 bits per heavy atom. The number of benzene rings is 1. The summed E-state index contributed by atoms with van der Waals surface area (Å²) in [5.41, 5.74) is 7.54. The van der Waals surface area contributed by atoms with Crippen molar-refractivity contribution < 1.29 is 4.39 Å². The first-order valence-electron chi connectivity index (χ1n) is 8.24. The van der Waals surface area contributed by atoms with Gasteiger partial charge in [0.15, 0.2) is 5.96 Å². The van der Waals surface area contributed by atoms with Crippen LogP contribution in [0, 0.1) is 5.82 Å². The number of guanidine groups is 1. The van der Waals surface area contributed by atoms with Crippen LogP contribution in [0.4, 0.5) is 10.1 Å². The van der Waals surface area contributed by atoms with Gasteiger partial charge in [-0.3, -0.25) is 0 Å². The summed E-state index contributed by atoms with van der Waals surface area (Å²) in [6, 6.07) is 5.34. The third-order valence-electron chi connectivity index (χ3n) is 4.22. The number of hydrogen-bond donors (Lipinski definition) is 1. The number of rotatable bonds is 5. The number of piperidine rings is 1. The Morgan fingerprint density at radius 2 is 1.91 bits per heavy atom. The van der Waals surface area contributed by atoms with E-state index in [0.717, 1.165) is 31.7 Å². The molecule has 1 aliphatic rings. The van der Waals surface area contributed by atoms with Crippen molar-refractivity contribution in [2.45, 2.75) is 39.7 Å². The molecule has 0 aliphatic carbocycles. The number of anilines is 1. The van der Waals surface area contributed by atoms with Crippen LogP contribution in [0.5, 0.6) is 0 Å². The lowest BCUT2D eigenvalue weighted by Gasteiger charge is -2.27.